The molecule has 7 heteroatoms. The van der Waals surface area contributed by atoms with E-state index in [0.29, 0.717) is 12.0 Å². The fourth-order valence-electron chi connectivity index (χ4n) is 3.26. The standard InChI is InChI=1S/C21H34N4O2.HI/c1-16-7-5-6-8-19(16)24-21(23-15-20(26)25(2)3)22-14-13-17-9-11-18(27-4)12-10-17;/h9-12,16,19H,5-8,13-15H2,1-4H3,(H2,22,23,24);1H. The van der Waals surface area contributed by atoms with Crippen LogP contribution in [0.1, 0.15) is 38.2 Å². The van der Waals surface area contributed by atoms with E-state index in [2.05, 4.69) is 34.7 Å². The van der Waals surface area contributed by atoms with Crippen LogP contribution in [0.5, 0.6) is 5.75 Å². The quantitative estimate of drug-likeness (QED) is 0.342. The summed E-state index contributed by atoms with van der Waals surface area (Å²) in [5.74, 6) is 2.22. The Labute approximate surface area is 186 Å². The van der Waals surface area contributed by atoms with Gasteiger partial charge >= 0.3 is 0 Å². The van der Waals surface area contributed by atoms with Crippen LogP contribution in [-0.2, 0) is 11.2 Å². The molecule has 1 amide bonds. The van der Waals surface area contributed by atoms with Crippen LogP contribution in [0.4, 0.5) is 0 Å². The summed E-state index contributed by atoms with van der Waals surface area (Å²) in [4.78, 5) is 18.0. The fourth-order valence-corrected chi connectivity index (χ4v) is 3.26. The lowest BCUT2D eigenvalue weighted by atomic mass is 9.86. The molecule has 1 saturated carbocycles. The zero-order valence-electron chi connectivity index (χ0n) is 17.5. The van der Waals surface area contributed by atoms with Gasteiger partial charge in [0.25, 0.3) is 0 Å². The minimum atomic E-state index is 0. The minimum Gasteiger partial charge on any atom is -0.497 e. The van der Waals surface area contributed by atoms with Gasteiger partial charge in [0.05, 0.1) is 7.11 Å². The van der Waals surface area contributed by atoms with Gasteiger partial charge in [-0.25, -0.2) is 4.99 Å². The van der Waals surface area contributed by atoms with E-state index < -0.39 is 0 Å². The number of hydrogen-bond acceptors (Lipinski definition) is 3. The minimum absolute atomic E-state index is 0. The highest BCUT2D eigenvalue weighted by Crippen LogP contribution is 2.23. The number of halogens is 1. The van der Waals surface area contributed by atoms with Crippen molar-refractivity contribution in [3.05, 3.63) is 29.8 Å². The first-order valence-corrected chi connectivity index (χ1v) is 9.87. The fraction of sp³-hybridized carbons (Fsp3) is 0.619. The van der Waals surface area contributed by atoms with Crippen LogP contribution in [0.2, 0.25) is 0 Å². The average molecular weight is 502 g/mol. The van der Waals surface area contributed by atoms with E-state index >= 15 is 0 Å². The zero-order chi connectivity index (χ0) is 19.6. The predicted octanol–water partition coefficient (Wildman–Crippen LogP) is 3.06. The lowest BCUT2D eigenvalue weighted by molar-refractivity contribution is -0.127. The maximum Gasteiger partial charge on any atom is 0.243 e. The highest BCUT2D eigenvalue weighted by Gasteiger charge is 2.22. The van der Waals surface area contributed by atoms with Crippen molar-refractivity contribution in [1.82, 2.24) is 15.5 Å². The second-order valence-electron chi connectivity index (χ2n) is 7.49. The van der Waals surface area contributed by atoms with Crippen LogP contribution in [-0.4, -0.2) is 57.1 Å². The van der Waals surface area contributed by atoms with Gasteiger partial charge in [-0.15, -0.1) is 24.0 Å². The van der Waals surface area contributed by atoms with Crippen molar-refractivity contribution < 1.29 is 9.53 Å². The molecule has 0 spiro atoms. The maximum absolute atomic E-state index is 11.9. The molecule has 1 aliphatic rings. The summed E-state index contributed by atoms with van der Waals surface area (Å²) in [5.41, 5.74) is 1.23. The summed E-state index contributed by atoms with van der Waals surface area (Å²) >= 11 is 0. The van der Waals surface area contributed by atoms with Crippen molar-refractivity contribution >= 4 is 35.8 Å². The number of amides is 1. The third kappa shape index (κ3) is 8.24. The Balaban J connectivity index is 0.00000392. The topological polar surface area (TPSA) is 66.0 Å². The van der Waals surface area contributed by atoms with Gasteiger partial charge < -0.3 is 20.3 Å². The summed E-state index contributed by atoms with van der Waals surface area (Å²) in [7, 11) is 5.18. The molecular weight excluding hydrogens is 467 g/mol. The third-order valence-electron chi connectivity index (χ3n) is 5.17. The molecule has 0 aliphatic heterocycles. The van der Waals surface area contributed by atoms with Crippen molar-refractivity contribution in [3.8, 4) is 5.75 Å². The number of nitrogens with zero attached hydrogens (tertiary/aromatic N) is 2. The second-order valence-corrected chi connectivity index (χ2v) is 7.49. The van der Waals surface area contributed by atoms with Crippen LogP contribution in [0, 0.1) is 5.92 Å². The first-order valence-electron chi connectivity index (χ1n) is 9.87. The molecule has 2 unspecified atom stereocenters. The number of ether oxygens (including phenoxy) is 1. The molecule has 1 aliphatic carbocycles. The summed E-state index contributed by atoms with van der Waals surface area (Å²) in [6.45, 7) is 3.21. The van der Waals surface area contributed by atoms with Crippen LogP contribution < -0.4 is 15.4 Å². The number of rotatable bonds is 7. The van der Waals surface area contributed by atoms with Gasteiger partial charge in [-0.3, -0.25) is 4.79 Å². The number of nitrogens with one attached hydrogen (secondary N) is 2. The van der Waals surface area contributed by atoms with Crippen molar-refractivity contribution in [1.29, 1.82) is 0 Å². The lowest BCUT2D eigenvalue weighted by Gasteiger charge is -2.31. The molecule has 158 valence electrons. The van der Waals surface area contributed by atoms with E-state index in [1.165, 1.54) is 24.8 Å². The number of guanidine groups is 1. The Morgan fingerprint density at radius 3 is 2.50 bits per heavy atom. The summed E-state index contributed by atoms with van der Waals surface area (Å²) < 4.78 is 5.20. The molecule has 0 heterocycles. The van der Waals surface area contributed by atoms with E-state index in [9.17, 15) is 4.79 Å². The first kappa shape index (κ1) is 24.5. The number of benzene rings is 1. The summed E-state index contributed by atoms with van der Waals surface area (Å²) in [6, 6.07) is 8.51. The molecule has 2 atom stereocenters. The molecule has 28 heavy (non-hydrogen) atoms. The normalized spacial score (nSPS) is 19.4. The number of aliphatic imine (C=N–C) groups is 1. The Hall–Kier alpha value is -1.51. The molecule has 1 aromatic rings. The number of likely N-dealkylation sites (N-methyl/N-ethyl adjacent to an activating group) is 1. The van der Waals surface area contributed by atoms with Gasteiger partial charge in [-0.2, -0.15) is 0 Å². The van der Waals surface area contributed by atoms with Gasteiger partial charge in [0.1, 0.15) is 12.3 Å². The van der Waals surface area contributed by atoms with Gasteiger partial charge in [0.15, 0.2) is 5.96 Å². The van der Waals surface area contributed by atoms with Crippen molar-refractivity contribution in [3.63, 3.8) is 0 Å². The summed E-state index contributed by atoms with van der Waals surface area (Å²) in [5, 5.41) is 6.95. The van der Waals surface area contributed by atoms with Crippen LogP contribution in [0.25, 0.3) is 0 Å². The Bertz CT molecular complexity index is 619. The molecule has 0 aromatic heterocycles. The van der Waals surface area contributed by atoms with Gasteiger partial charge in [-0.05, 0) is 42.9 Å². The van der Waals surface area contributed by atoms with E-state index in [-0.39, 0.29) is 36.4 Å². The lowest BCUT2D eigenvalue weighted by Crippen LogP contribution is -2.48. The highest BCUT2D eigenvalue weighted by molar-refractivity contribution is 14.0. The van der Waals surface area contributed by atoms with E-state index in [0.717, 1.165) is 31.1 Å². The molecule has 0 radical (unpaired) electrons. The molecule has 1 aromatic carbocycles. The van der Waals surface area contributed by atoms with Gasteiger partial charge in [0.2, 0.25) is 5.91 Å². The van der Waals surface area contributed by atoms with E-state index in [1.54, 1.807) is 26.1 Å². The molecule has 2 rings (SSSR count). The largest absolute Gasteiger partial charge is 0.497 e. The van der Waals surface area contributed by atoms with Crippen LogP contribution >= 0.6 is 24.0 Å². The predicted molar refractivity (Wildman–Crippen MR) is 126 cm³/mol. The Morgan fingerprint density at radius 1 is 1.21 bits per heavy atom. The molecule has 1 fully saturated rings. The smallest absolute Gasteiger partial charge is 0.243 e. The van der Waals surface area contributed by atoms with Gasteiger partial charge in [-0.1, -0.05) is 31.9 Å². The number of methoxy groups -OCH3 is 1. The van der Waals surface area contributed by atoms with E-state index in [1.807, 2.05) is 12.1 Å². The summed E-state index contributed by atoms with van der Waals surface area (Å²) in [6.07, 6.45) is 5.83. The third-order valence-corrected chi connectivity index (χ3v) is 5.17. The van der Waals surface area contributed by atoms with Crippen molar-refractivity contribution in [2.24, 2.45) is 10.9 Å². The number of carbonyl (C=O) groups is 1. The van der Waals surface area contributed by atoms with Crippen LogP contribution in [0.3, 0.4) is 0 Å². The molecule has 0 bridgehead atoms. The SMILES string of the molecule is COc1ccc(CCNC(=NCC(=O)N(C)C)NC2CCCCC2C)cc1.I. The molecule has 2 N–H and O–H groups in total. The zero-order valence-corrected chi connectivity index (χ0v) is 19.9. The number of hydrogen-bond donors (Lipinski definition) is 2. The van der Waals surface area contributed by atoms with Crippen molar-refractivity contribution in [2.75, 3.05) is 34.3 Å². The van der Waals surface area contributed by atoms with E-state index in [4.69, 9.17) is 4.74 Å². The van der Waals surface area contributed by atoms with Gasteiger partial charge in [0, 0.05) is 26.7 Å². The van der Waals surface area contributed by atoms with Crippen LogP contribution in [0.15, 0.2) is 29.3 Å². The second kappa shape index (κ2) is 12.9. The Kier molecular flexibility index (Phi) is 11.3. The number of carbonyl (C=O) groups excluding carboxylic acids is 1. The molecular formula is C21H35IN4O2. The highest BCUT2D eigenvalue weighted by atomic mass is 127. The van der Waals surface area contributed by atoms with Crippen molar-refractivity contribution in [2.45, 2.75) is 45.1 Å². The maximum atomic E-state index is 11.9. The first-order chi connectivity index (χ1) is 13.0. The average Bonchev–Trinajstić information content (AvgIpc) is 2.67. The molecule has 6 nitrogen and oxygen atoms in total. The monoisotopic (exact) mass is 502 g/mol. The Morgan fingerprint density at radius 2 is 1.89 bits per heavy atom. The molecule has 0 saturated heterocycles.